The summed E-state index contributed by atoms with van der Waals surface area (Å²) >= 11 is 1.13. The van der Waals surface area contributed by atoms with Crippen LogP contribution in [0.3, 0.4) is 0 Å². The molecule has 0 radical (unpaired) electrons. The number of sulfonamides is 1. The van der Waals surface area contributed by atoms with Gasteiger partial charge in [-0.2, -0.15) is 0 Å². The molecule has 1 heterocycles. The van der Waals surface area contributed by atoms with Crippen LogP contribution in [0.1, 0.15) is 25.3 Å². The number of hydrogen-bond donors (Lipinski definition) is 2. The topological polar surface area (TPSA) is 75.6 Å². The Morgan fingerprint density at radius 1 is 1.56 bits per heavy atom. The molecule has 0 atom stereocenters. The van der Waals surface area contributed by atoms with E-state index in [4.69, 9.17) is 9.84 Å². The summed E-state index contributed by atoms with van der Waals surface area (Å²) in [5.74, 6) is 0. The first-order valence-electron chi connectivity index (χ1n) is 5.87. The summed E-state index contributed by atoms with van der Waals surface area (Å²) in [4.78, 5) is 0. The van der Waals surface area contributed by atoms with Gasteiger partial charge >= 0.3 is 0 Å². The predicted molar refractivity (Wildman–Crippen MR) is 69.0 cm³/mol. The predicted octanol–water partition coefficient (Wildman–Crippen LogP) is 1.09. The summed E-state index contributed by atoms with van der Waals surface area (Å²) in [7, 11) is -3.45. The van der Waals surface area contributed by atoms with Crippen LogP contribution in [-0.4, -0.2) is 32.3 Å². The van der Waals surface area contributed by atoms with Gasteiger partial charge < -0.3 is 9.84 Å². The molecule has 5 nitrogen and oxygen atoms in total. The summed E-state index contributed by atoms with van der Waals surface area (Å²) in [5, 5.41) is 10.6. The number of aliphatic hydroxyl groups excluding tert-OH is 1. The van der Waals surface area contributed by atoms with Gasteiger partial charge in [0, 0.05) is 12.6 Å². The minimum atomic E-state index is -3.45. The molecule has 0 amide bonds. The molecule has 0 aromatic carbocycles. The zero-order valence-corrected chi connectivity index (χ0v) is 11.8. The quantitative estimate of drug-likeness (QED) is 0.822. The highest BCUT2D eigenvalue weighted by atomic mass is 32.2. The van der Waals surface area contributed by atoms with Gasteiger partial charge in [-0.1, -0.05) is 0 Å². The fourth-order valence-electron chi connectivity index (χ4n) is 1.89. The van der Waals surface area contributed by atoms with Crippen LogP contribution in [-0.2, 0) is 21.4 Å². The fraction of sp³-hybridized carbons (Fsp3) is 0.636. The molecule has 18 heavy (non-hydrogen) atoms. The molecule has 1 aromatic heterocycles. The Kier molecular flexibility index (Phi) is 4.39. The third-order valence-electron chi connectivity index (χ3n) is 2.90. The van der Waals surface area contributed by atoms with Crippen molar-refractivity contribution >= 4 is 21.4 Å². The monoisotopic (exact) mass is 291 g/mol. The molecule has 1 aliphatic carbocycles. The summed E-state index contributed by atoms with van der Waals surface area (Å²) in [6, 6.07) is 1.47. The van der Waals surface area contributed by atoms with Gasteiger partial charge in [0.25, 0.3) is 0 Å². The highest BCUT2D eigenvalue weighted by Crippen LogP contribution is 2.27. The molecule has 2 rings (SSSR count). The van der Waals surface area contributed by atoms with Crippen LogP contribution in [0.5, 0.6) is 0 Å². The van der Waals surface area contributed by atoms with Crippen molar-refractivity contribution in [1.82, 2.24) is 4.72 Å². The van der Waals surface area contributed by atoms with E-state index in [0.717, 1.165) is 24.2 Å². The Morgan fingerprint density at radius 3 is 2.83 bits per heavy atom. The molecule has 7 heteroatoms. The van der Waals surface area contributed by atoms with Gasteiger partial charge in [0.05, 0.1) is 12.7 Å². The molecular weight excluding hydrogens is 274 g/mol. The van der Waals surface area contributed by atoms with Crippen LogP contribution in [0, 0.1) is 0 Å². The molecule has 1 aliphatic rings. The largest absolute Gasteiger partial charge is 0.392 e. The Bertz CT molecular complexity index is 491. The second-order valence-electron chi connectivity index (χ2n) is 4.30. The van der Waals surface area contributed by atoms with E-state index in [1.807, 2.05) is 6.92 Å². The van der Waals surface area contributed by atoms with Crippen LogP contribution in [0.2, 0.25) is 0 Å². The average Bonchev–Trinajstić information content (AvgIpc) is 2.75. The molecule has 1 aromatic rings. The summed E-state index contributed by atoms with van der Waals surface area (Å²) in [6.45, 7) is 2.45. The normalized spacial score (nSPS) is 23.9. The van der Waals surface area contributed by atoms with Gasteiger partial charge in [-0.3, -0.25) is 0 Å². The third-order valence-corrected chi connectivity index (χ3v) is 5.91. The second-order valence-corrected chi connectivity index (χ2v) is 7.15. The van der Waals surface area contributed by atoms with Gasteiger partial charge in [-0.05, 0) is 36.8 Å². The molecule has 0 bridgehead atoms. The number of rotatable bonds is 6. The van der Waals surface area contributed by atoms with Crippen molar-refractivity contribution in [2.45, 2.75) is 42.7 Å². The maximum absolute atomic E-state index is 12.0. The molecule has 102 valence electrons. The van der Waals surface area contributed by atoms with Gasteiger partial charge in [0.2, 0.25) is 10.0 Å². The molecule has 0 unspecified atom stereocenters. The molecule has 0 aliphatic heterocycles. The molecule has 1 fully saturated rings. The van der Waals surface area contributed by atoms with Crippen LogP contribution in [0.4, 0.5) is 0 Å². The lowest BCUT2D eigenvalue weighted by Crippen LogP contribution is -2.47. The van der Waals surface area contributed by atoms with E-state index in [-0.39, 0.29) is 23.0 Å². The van der Waals surface area contributed by atoms with E-state index >= 15 is 0 Å². The lowest BCUT2D eigenvalue weighted by atomic mass is 9.90. The first kappa shape index (κ1) is 14.0. The molecule has 0 saturated heterocycles. The standard InChI is InChI=1S/C11H17NO4S2/c1-2-16-10-4-9(5-10)12-18(14,15)11-3-8(6-13)7-17-11/h3,7,9-10,12-13H,2,4-6H2,1H3. The number of thiophene rings is 1. The Labute approximate surface area is 111 Å². The molecule has 2 N–H and O–H groups in total. The summed E-state index contributed by atoms with van der Waals surface area (Å²) in [6.07, 6.45) is 1.63. The Balaban J connectivity index is 1.92. The second kappa shape index (κ2) is 5.66. The third kappa shape index (κ3) is 3.10. The molecule has 1 saturated carbocycles. The Morgan fingerprint density at radius 2 is 2.28 bits per heavy atom. The van der Waals surface area contributed by atoms with Crippen molar-refractivity contribution < 1.29 is 18.3 Å². The van der Waals surface area contributed by atoms with Crippen molar-refractivity contribution in [2.75, 3.05) is 6.61 Å². The Hall–Kier alpha value is -0.470. The first-order valence-corrected chi connectivity index (χ1v) is 8.23. The minimum absolute atomic E-state index is 0.0359. The van der Waals surface area contributed by atoms with E-state index in [1.54, 1.807) is 5.38 Å². The first-order chi connectivity index (χ1) is 8.55. The smallest absolute Gasteiger partial charge is 0.250 e. The zero-order chi connectivity index (χ0) is 13.2. The maximum atomic E-state index is 12.0. The fourth-order valence-corrected chi connectivity index (χ4v) is 4.37. The lowest BCUT2D eigenvalue weighted by Gasteiger charge is -2.34. The van der Waals surface area contributed by atoms with Crippen molar-refractivity contribution in [3.8, 4) is 0 Å². The van der Waals surface area contributed by atoms with E-state index in [9.17, 15) is 8.42 Å². The number of hydrogen-bond acceptors (Lipinski definition) is 5. The number of ether oxygens (including phenoxy) is 1. The maximum Gasteiger partial charge on any atom is 0.250 e. The van der Waals surface area contributed by atoms with Crippen molar-refractivity contribution in [2.24, 2.45) is 0 Å². The van der Waals surface area contributed by atoms with E-state index in [0.29, 0.717) is 12.2 Å². The van der Waals surface area contributed by atoms with Crippen molar-refractivity contribution in [1.29, 1.82) is 0 Å². The van der Waals surface area contributed by atoms with Gasteiger partial charge in [-0.15, -0.1) is 11.3 Å². The lowest BCUT2D eigenvalue weighted by molar-refractivity contribution is -0.00474. The summed E-state index contributed by atoms with van der Waals surface area (Å²) < 4.78 is 32.3. The molecule has 0 spiro atoms. The van der Waals surface area contributed by atoms with Gasteiger partial charge in [0.1, 0.15) is 4.21 Å². The zero-order valence-electron chi connectivity index (χ0n) is 10.1. The SMILES string of the molecule is CCOC1CC(NS(=O)(=O)c2cc(CO)cs2)C1. The summed E-state index contributed by atoms with van der Waals surface area (Å²) in [5.41, 5.74) is 0.626. The van der Waals surface area contributed by atoms with E-state index < -0.39 is 10.0 Å². The van der Waals surface area contributed by atoms with Crippen molar-refractivity contribution in [3.05, 3.63) is 17.0 Å². The van der Waals surface area contributed by atoms with Crippen LogP contribution in [0.15, 0.2) is 15.7 Å². The van der Waals surface area contributed by atoms with E-state index in [2.05, 4.69) is 4.72 Å². The van der Waals surface area contributed by atoms with Crippen molar-refractivity contribution in [3.63, 3.8) is 0 Å². The van der Waals surface area contributed by atoms with E-state index in [1.165, 1.54) is 6.07 Å². The van der Waals surface area contributed by atoms with Gasteiger partial charge in [-0.25, -0.2) is 13.1 Å². The minimum Gasteiger partial charge on any atom is -0.392 e. The van der Waals surface area contributed by atoms with Crippen LogP contribution < -0.4 is 4.72 Å². The van der Waals surface area contributed by atoms with Gasteiger partial charge in [0.15, 0.2) is 0 Å². The van der Waals surface area contributed by atoms with Crippen LogP contribution in [0.25, 0.3) is 0 Å². The number of aliphatic hydroxyl groups is 1. The highest BCUT2D eigenvalue weighted by Gasteiger charge is 2.33. The highest BCUT2D eigenvalue weighted by molar-refractivity contribution is 7.91. The molecular formula is C11H17NO4S2. The average molecular weight is 291 g/mol. The van der Waals surface area contributed by atoms with Crippen LogP contribution >= 0.6 is 11.3 Å². The number of nitrogens with one attached hydrogen (secondary N) is 1.